The van der Waals surface area contributed by atoms with Crippen LogP contribution in [-0.4, -0.2) is 20.7 Å². The molecule has 0 aliphatic rings. The Hall–Kier alpha value is -2.20. The van der Waals surface area contributed by atoms with Crippen molar-refractivity contribution in [3.8, 4) is 6.07 Å². The predicted octanol–water partition coefficient (Wildman–Crippen LogP) is 1.00. The number of carbonyl (C=O) groups is 1. The fraction of sp³-hybridized carbons (Fsp3) is 0.111. The number of aromatic nitrogens is 3. The third kappa shape index (κ3) is 1.78. The standard InChI is InChI=1S/C9H7N5OS/c1-14-8(6(2-10)3-12-14)13-9(15)7-4-16-5-11-7/h3-5H,1H3,(H,13,15). The van der Waals surface area contributed by atoms with Gasteiger partial charge in [0.05, 0.1) is 11.7 Å². The molecule has 2 heterocycles. The van der Waals surface area contributed by atoms with E-state index in [4.69, 9.17) is 5.26 Å². The Labute approximate surface area is 95.2 Å². The van der Waals surface area contributed by atoms with Crippen molar-refractivity contribution in [2.24, 2.45) is 7.05 Å². The average Bonchev–Trinajstić information content (AvgIpc) is 2.89. The zero-order valence-corrected chi connectivity index (χ0v) is 9.15. The number of thiazole rings is 1. The third-order valence-electron chi connectivity index (χ3n) is 1.96. The monoisotopic (exact) mass is 233 g/mol. The Balaban J connectivity index is 2.25. The number of nitriles is 1. The molecule has 7 heteroatoms. The molecule has 0 aliphatic heterocycles. The van der Waals surface area contributed by atoms with Crippen molar-refractivity contribution in [2.75, 3.05) is 5.32 Å². The molecule has 0 saturated heterocycles. The Morgan fingerprint density at radius 1 is 1.69 bits per heavy atom. The van der Waals surface area contributed by atoms with Gasteiger partial charge in [-0.15, -0.1) is 11.3 Å². The van der Waals surface area contributed by atoms with Crippen molar-refractivity contribution in [3.05, 3.63) is 28.3 Å². The number of hydrogen-bond donors (Lipinski definition) is 1. The summed E-state index contributed by atoms with van der Waals surface area (Å²) in [6.45, 7) is 0. The molecule has 2 aromatic rings. The van der Waals surface area contributed by atoms with Gasteiger partial charge in [-0.25, -0.2) is 4.98 Å². The molecule has 2 aromatic heterocycles. The zero-order chi connectivity index (χ0) is 11.5. The molecule has 0 atom stereocenters. The first-order valence-corrected chi connectivity index (χ1v) is 5.28. The summed E-state index contributed by atoms with van der Waals surface area (Å²) in [5, 5.41) is 16.9. The van der Waals surface area contributed by atoms with Gasteiger partial charge in [-0.2, -0.15) is 10.4 Å². The Bertz CT molecular complexity index is 551. The minimum Gasteiger partial charge on any atom is -0.304 e. The highest BCUT2D eigenvalue weighted by molar-refractivity contribution is 7.07. The molecule has 16 heavy (non-hydrogen) atoms. The van der Waals surface area contributed by atoms with Crippen molar-refractivity contribution >= 4 is 23.1 Å². The van der Waals surface area contributed by atoms with Crippen LogP contribution < -0.4 is 5.32 Å². The van der Waals surface area contributed by atoms with Crippen LogP contribution in [0.1, 0.15) is 16.1 Å². The number of nitrogens with zero attached hydrogens (tertiary/aromatic N) is 4. The van der Waals surface area contributed by atoms with E-state index in [0.29, 0.717) is 17.1 Å². The van der Waals surface area contributed by atoms with Crippen LogP contribution in [0.4, 0.5) is 5.82 Å². The first-order chi connectivity index (χ1) is 7.72. The minimum absolute atomic E-state index is 0.325. The molecule has 6 nitrogen and oxygen atoms in total. The number of hydrogen-bond acceptors (Lipinski definition) is 5. The molecule has 0 fully saturated rings. The smallest absolute Gasteiger partial charge is 0.276 e. The highest BCUT2D eigenvalue weighted by Gasteiger charge is 2.13. The number of aryl methyl sites for hydroxylation is 1. The molecule has 1 amide bonds. The molecular weight excluding hydrogens is 226 g/mol. The number of amides is 1. The van der Waals surface area contributed by atoms with E-state index in [1.807, 2.05) is 6.07 Å². The van der Waals surface area contributed by atoms with Crippen molar-refractivity contribution in [3.63, 3.8) is 0 Å². The van der Waals surface area contributed by atoms with Crippen LogP contribution in [0, 0.1) is 11.3 Å². The topological polar surface area (TPSA) is 83.6 Å². The van der Waals surface area contributed by atoms with Crippen LogP contribution in [0.15, 0.2) is 17.1 Å². The largest absolute Gasteiger partial charge is 0.304 e. The van der Waals surface area contributed by atoms with Gasteiger partial charge in [-0.1, -0.05) is 0 Å². The van der Waals surface area contributed by atoms with Gasteiger partial charge in [0.15, 0.2) is 0 Å². The lowest BCUT2D eigenvalue weighted by Crippen LogP contribution is -2.15. The predicted molar refractivity (Wildman–Crippen MR) is 58.0 cm³/mol. The van der Waals surface area contributed by atoms with Crippen LogP contribution in [0.5, 0.6) is 0 Å². The van der Waals surface area contributed by atoms with Gasteiger partial charge < -0.3 is 5.32 Å². The molecule has 0 saturated carbocycles. The number of anilines is 1. The summed E-state index contributed by atoms with van der Waals surface area (Å²) in [4.78, 5) is 15.6. The van der Waals surface area contributed by atoms with E-state index < -0.39 is 0 Å². The highest BCUT2D eigenvalue weighted by atomic mass is 32.1. The van der Waals surface area contributed by atoms with E-state index in [1.165, 1.54) is 22.2 Å². The van der Waals surface area contributed by atoms with Crippen LogP contribution in [-0.2, 0) is 7.05 Å². The summed E-state index contributed by atoms with van der Waals surface area (Å²) in [7, 11) is 1.65. The number of nitrogens with one attached hydrogen (secondary N) is 1. The summed E-state index contributed by atoms with van der Waals surface area (Å²) < 4.78 is 1.43. The lowest BCUT2D eigenvalue weighted by Gasteiger charge is -2.03. The SMILES string of the molecule is Cn1ncc(C#N)c1NC(=O)c1cscn1. The van der Waals surface area contributed by atoms with Gasteiger partial charge in [0.25, 0.3) is 5.91 Å². The third-order valence-corrected chi connectivity index (χ3v) is 2.54. The van der Waals surface area contributed by atoms with Crippen molar-refractivity contribution in [1.29, 1.82) is 5.26 Å². The van der Waals surface area contributed by atoms with Gasteiger partial charge >= 0.3 is 0 Å². The van der Waals surface area contributed by atoms with Crippen LogP contribution >= 0.6 is 11.3 Å². The van der Waals surface area contributed by atoms with E-state index >= 15 is 0 Å². The summed E-state index contributed by atoms with van der Waals surface area (Å²) in [5.41, 5.74) is 2.23. The molecule has 0 aromatic carbocycles. The second-order valence-electron chi connectivity index (χ2n) is 2.97. The second-order valence-corrected chi connectivity index (χ2v) is 3.69. The van der Waals surface area contributed by atoms with Crippen LogP contribution in [0.2, 0.25) is 0 Å². The molecule has 0 radical (unpaired) electrons. The fourth-order valence-electron chi connectivity index (χ4n) is 1.16. The molecule has 0 spiro atoms. The van der Waals surface area contributed by atoms with Crippen molar-refractivity contribution < 1.29 is 4.79 Å². The van der Waals surface area contributed by atoms with Crippen molar-refractivity contribution in [2.45, 2.75) is 0 Å². The summed E-state index contributed by atoms with van der Waals surface area (Å²) in [5.74, 6) is 0.0295. The van der Waals surface area contributed by atoms with E-state index in [1.54, 1.807) is 17.9 Å². The molecular formula is C9H7N5OS. The molecule has 2 rings (SSSR count). The summed E-state index contributed by atoms with van der Waals surface area (Å²) in [6, 6.07) is 1.95. The van der Waals surface area contributed by atoms with Gasteiger partial charge in [0.1, 0.15) is 23.1 Å². The molecule has 0 bridgehead atoms. The van der Waals surface area contributed by atoms with Gasteiger partial charge in [-0.3, -0.25) is 9.48 Å². The summed E-state index contributed by atoms with van der Waals surface area (Å²) in [6.07, 6.45) is 1.40. The Morgan fingerprint density at radius 3 is 3.12 bits per heavy atom. The van der Waals surface area contributed by atoms with Gasteiger partial charge in [0, 0.05) is 12.4 Å². The number of carbonyl (C=O) groups excluding carboxylic acids is 1. The Morgan fingerprint density at radius 2 is 2.50 bits per heavy atom. The normalized spacial score (nSPS) is 9.75. The van der Waals surface area contributed by atoms with Gasteiger partial charge in [-0.05, 0) is 0 Å². The summed E-state index contributed by atoms with van der Waals surface area (Å²) >= 11 is 1.34. The first-order valence-electron chi connectivity index (χ1n) is 4.34. The van der Waals surface area contributed by atoms with E-state index in [9.17, 15) is 4.79 Å². The quantitative estimate of drug-likeness (QED) is 0.838. The van der Waals surface area contributed by atoms with E-state index in [2.05, 4.69) is 15.4 Å². The minimum atomic E-state index is -0.346. The fourth-order valence-corrected chi connectivity index (χ4v) is 1.70. The first kappa shape index (κ1) is 10.3. The van der Waals surface area contributed by atoms with Gasteiger partial charge in [0.2, 0.25) is 0 Å². The number of rotatable bonds is 2. The van der Waals surface area contributed by atoms with Crippen molar-refractivity contribution in [1.82, 2.24) is 14.8 Å². The Kier molecular flexibility index (Phi) is 2.66. The lowest BCUT2D eigenvalue weighted by molar-refractivity contribution is 0.102. The highest BCUT2D eigenvalue weighted by Crippen LogP contribution is 2.13. The molecule has 0 aliphatic carbocycles. The maximum absolute atomic E-state index is 11.7. The van der Waals surface area contributed by atoms with Crippen LogP contribution in [0.3, 0.4) is 0 Å². The molecule has 0 unspecified atom stereocenters. The zero-order valence-electron chi connectivity index (χ0n) is 8.34. The van der Waals surface area contributed by atoms with E-state index in [0.717, 1.165) is 0 Å². The molecule has 80 valence electrons. The van der Waals surface area contributed by atoms with Crippen LogP contribution in [0.25, 0.3) is 0 Å². The maximum atomic E-state index is 11.7. The second kappa shape index (κ2) is 4.12. The molecule has 1 N–H and O–H groups in total. The van der Waals surface area contributed by atoms with E-state index in [-0.39, 0.29) is 5.91 Å². The average molecular weight is 233 g/mol. The lowest BCUT2D eigenvalue weighted by atomic mass is 10.3. The maximum Gasteiger partial charge on any atom is 0.276 e.